The van der Waals surface area contributed by atoms with Crippen LogP contribution in [0.25, 0.3) is 0 Å². The Morgan fingerprint density at radius 3 is 2.56 bits per heavy atom. The summed E-state index contributed by atoms with van der Waals surface area (Å²) < 4.78 is 5.16. The first-order valence-corrected chi connectivity index (χ1v) is 5.81. The number of hydrogen-bond donors (Lipinski definition) is 2. The van der Waals surface area contributed by atoms with Crippen molar-refractivity contribution in [1.82, 2.24) is 15.1 Å². The van der Waals surface area contributed by atoms with Gasteiger partial charge in [-0.3, -0.25) is 4.98 Å². The monoisotopic (exact) mass is 247 g/mol. The Balaban J connectivity index is 2.18. The number of nitrogens with one attached hydrogen (secondary N) is 2. The molecule has 2 N–H and O–H groups in total. The number of rotatable bonds is 4. The van der Waals surface area contributed by atoms with Gasteiger partial charge in [0.25, 0.3) is 0 Å². The summed E-state index contributed by atoms with van der Waals surface area (Å²) in [6.45, 7) is 5.88. The zero-order valence-corrected chi connectivity index (χ0v) is 11.0. The van der Waals surface area contributed by atoms with Crippen molar-refractivity contribution in [3.8, 4) is 0 Å². The first-order chi connectivity index (χ1) is 8.61. The molecular weight excluding hydrogens is 230 g/mol. The van der Waals surface area contributed by atoms with Gasteiger partial charge >= 0.3 is 0 Å². The van der Waals surface area contributed by atoms with Crippen molar-refractivity contribution in [3.63, 3.8) is 0 Å². The molecule has 0 saturated carbocycles. The lowest BCUT2D eigenvalue weighted by Crippen LogP contribution is -2.10. The lowest BCUT2D eigenvalue weighted by Gasteiger charge is -2.14. The molecule has 6 nitrogen and oxygen atoms in total. The molecule has 0 aromatic carbocycles. The summed E-state index contributed by atoms with van der Waals surface area (Å²) in [5, 5.41) is 10.2. The van der Waals surface area contributed by atoms with Gasteiger partial charge in [-0.15, -0.1) is 0 Å². The molecule has 0 aliphatic rings. The van der Waals surface area contributed by atoms with Gasteiger partial charge in [-0.1, -0.05) is 5.16 Å². The third kappa shape index (κ3) is 2.42. The van der Waals surface area contributed by atoms with Gasteiger partial charge in [0, 0.05) is 12.6 Å². The lowest BCUT2D eigenvalue weighted by molar-refractivity contribution is 0.392. The smallest absolute Gasteiger partial charge is 0.147 e. The van der Waals surface area contributed by atoms with Crippen LogP contribution in [0.1, 0.15) is 30.0 Å². The zero-order valence-electron chi connectivity index (χ0n) is 11.0. The average Bonchev–Trinajstić information content (AvgIpc) is 2.69. The first kappa shape index (κ1) is 12.3. The van der Waals surface area contributed by atoms with Crippen molar-refractivity contribution in [1.29, 1.82) is 0 Å². The minimum atomic E-state index is 0.0673. The van der Waals surface area contributed by atoms with E-state index in [-0.39, 0.29) is 6.04 Å². The van der Waals surface area contributed by atoms with Gasteiger partial charge in [0.05, 0.1) is 24.1 Å². The summed E-state index contributed by atoms with van der Waals surface area (Å²) in [6.07, 6.45) is 3.36. The van der Waals surface area contributed by atoms with Crippen LogP contribution in [0.15, 0.2) is 16.9 Å². The highest BCUT2D eigenvalue weighted by Gasteiger charge is 2.16. The molecule has 0 bridgehead atoms. The molecule has 2 aromatic rings. The molecule has 0 saturated heterocycles. The van der Waals surface area contributed by atoms with Crippen molar-refractivity contribution in [3.05, 3.63) is 29.4 Å². The number of anilines is 2. The van der Waals surface area contributed by atoms with Crippen LogP contribution in [0.4, 0.5) is 11.6 Å². The standard InChI is InChI=1S/C12H17N5O/c1-7(12-8(2)17-18-9(12)3)15-11-6-14-5-10(13-4)16-11/h5-7H,1-4H3,(H2,13,15,16). The van der Waals surface area contributed by atoms with Crippen LogP contribution in [0.3, 0.4) is 0 Å². The third-order valence-electron chi connectivity index (χ3n) is 2.78. The SMILES string of the molecule is CNc1cncc(NC(C)c2c(C)noc2C)n1. The minimum Gasteiger partial charge on any atom is -0.372 e. The van der Waals surface area contributed by atoms with E-state index < -0.39 is 0 Å². The van der Waals surface area contributed by atoms with Crippen molar-refractivity contribution >= 4 is 11.6 Å². The fraction of sp³-hybridized carbons (Fsp3) is 0.417. The molecule has 0 aliphatic heterocycles. The van der Waals surface area contributed by atoms with E-state index in [0.717, 1.165) is 22.8 Å². The van der Waals surface area contributed by atoms with E-state index >= 15 is 0 Å². The Bertz CT molecular complexity index is 518. The van der Waals surface area contributed by atoms with Crippen LogP contribution in [0.2, 0.25) is 0 Å². The molecule has 0 spiro atoms. The van der Waals surface area contributed by atoms with Crippen molar-refractivity contribution in [2.45, 2.75) is 26.8 Å². The highest BCUT2D eigenvalue weighted by atomic mass is 16.5. The lowest BCUT2D eigenvalue weighted by atomic mass is 10.1. The molecule has 2 rings (SSSR count). The Morgan fingerprint density at radius 2 is 1.94 bits per heavy atom. The van der Waals surface area contributed by atoms with Crippen LogP contribution in [-0.4, -0.2) is 22.2 Å². The van der Waals surface area contributed by atoms with Gasteiger partial charge in [0.1, 0.15) is 17.4 Å². The molecule has 0 fully saturated rings. The van der Waals surface area contributed by atoms with Crippen LogP contribution < -0.4 is 10.6 Å². The van der Waals surface area contributed by atoms with E-state index in [0.29, 0.717) is 5.82 Å². The molecule has 0 aliphatic carbocycles. The molecule has 0 amide bonds. The van der Waals surface area contributed by atoms with E-state index in [2.05, 4.69) is 25.8 Å². The van der Waals surface area contributed by atoms with Gasteiger partial charge in [-0.05, 0) is 20.8 Å². The van der Waals surface area contributed by atoms with E-state index in [9.17, 15) is 0 Å². The Labute approximate surface area is 106 Å². The normalized spacial score (nSPS) is 12.2. The van der Waals surface area contributed by atoms with Gasteiger partial charge < -0.3 is 15.2 Å². The van der Waals surface area contributed by atoms with Crippen molar-refractivity contribution < 1.29 is 4.52 Å². The molecule has 0 radical (unpaired) electrons. The fourth-order valence-corrected chi connectivity index (χ4v) is 1.96. The van der Waals surface area contributed by atoms with Gasteiger partial charge in [-0.2, -0.15) is 0 Å². The molecule has 2 aromatic heterocycles. The topological polar surface area (TPSA) is 75.9 Å². The van der Waals surface area contributed by atoms with Crippen LogP contribution >= 0.6 is 0 Å². The van der Waals surface area contributed by atoms with E-state index in [1.165, 1.54) is 0 Å². The van der Waals surface area contributed by atoms with Crippen LogP contribution in [-0.2, 0) is 0 Å². The summed E-state index contributed by atoms with van der Waals surface area (Å²) in [5.41, 5.74) is 1.96. The van der Waals surface area contributed by atoms with Crippen LogP contribution in [0.5, 0.6) is 0 Å². The molecule has 6 heteroatoms. The van der Waals surface area contributed by atoms with Gasteiger partial charge in [0.2, 0.25) is 0 Å². The van der Waals surface area contributed by atoms with E-state index in [1.807, 2.05) is 27.8 Å². The number of aromatic nitrogens is 3. The highest BCUT2D eigenvalue weighted by molar-refractivity contribution is 5.43. The average molecular weight is 247 g/mol. The largest absolute Gasteiger partial charge is 0.372 e. The van der Waals surface area contributed by atoms with Crippen molar-refractivity contribution in [2.75, 3.05) is 17.7 Å². The van der Waals surface area contributed by atoms with Gasteiger partial charge in [0.15, 0.2) is 0 Å². The molecule has 2 heterocycles. The molecule has 1 unspecified atom stereocenters. The Kier molecular flexibility index (Phi) is 3.45. The van der Waals surface area contributed by atoms with Crippen molar-refractivity contribution in [2.24, 2.45) is 0 Å². The summed E-state index contributed by atoms with van der Waals surface area (Å²) >= 11 is 0. The quantitative estimate of drug-likeness (QED) is 0.863. The van der Waals surface area contributed by atoms with Gasteiger partial charge in [-0.25, -0.2) is 4.98 Å². The summed E-state index contributed by atoms with van der Waals surface area (Å²) in [5.74, 6) is 2.27. The third-order valence-corrected chi connectivity index (χ3v) is 2.78. The maximum absolute atomic E-state index is 5.16. The van der Waals surface area contributed by atoms with E-state index in [4.69, 9.17) is 4.52 Å². The summed E-state index contributed by atoms with van der Waals surface area (Å²) in [4.78, 5) is 8.47. The van der Waals surface area contributed by atoms with Crippen LogP contribution in [0, 0.1) is 13.8 Å². The summed E-state index contributed by atoms with van der Waals surface area (Å²) in [6, 6.07) is 0.0673. The molecule has 1 atom stereocenters. The second kappa shape index (κ2) is 5.03. The Hall–Kier alpha value is -2.11. The van der Waals surface area contributed by atoms with E-state index in [1.54, 1.807) is 12.4 Å². The Morgan fingerprint density at radius 1 is 1.22 bits per heavy atom. The molecule has 18 heavy (non-hydrogen) atoms. The first-order valence-electron chi connectivity index (χ1n) is 5.81. The second-order valence-corrected chi connectivity index (χ2v) is 4.14. The summed E-state index contributed by atoms with van der Waals surface area (Å²) in [7, 11) is 1.81. The predicted octanol–water partition coefficient (Wildman–Crippen LogP) is 2.30. The number of hydrogen-bond acceptors (Lipinski definition) is 6. The second-order valence-electron chi connectivity index (χ2n) is 4.14. The zero-order chi connectivity index (χ0) is 13.1. The maximum atomic E-state index is 5.16. The molecule has 96 valence electrons. The number of aryl methyl sites for hydroxylation is 2. The number of nitrogens with zero attached hydrogens (tertiary/aromatic N) is 3. The molecular formula is C12H17N5O. The fourth-order valence-electron chi connectivity index (χ4n) is 1.96. The maximum Gasteiger partial charge on any atom is 0.147 e. The minimum absolute atomic E-state index is 0.0673. The predicted molar refractivity (Wildman–Crippen MR) is 69.6 cm³/mol. The highest BCUT2D eigenvalue weighted by Crippen LogP contribution is 2.24.